The Bertz CT molecular complexity index is 974. The predicted molar refractivity (Wildman–Crippen MR) is 121 cm³/mol. The second-order valence-electron chi connectivity index (χ2n) is 9.67. The molecular formula is C23H33N3O6S. The van der Waals surface area contributed by atoms with Crippen LogP contribution in [0.15, 0.2) is 12.3 Å². The van der Waals surface area contributed by atoms with Gasteiger partial charge in [-0.2, -0.15) is 0 Å². The van der Waals surface area contributed by atoms with E-state index in [1.165, 1.54) is 0 Å². The van der Waals surface area contributed by atoms with E-state index >= 15 is 0 Å². The number of nitrogens with zero attached hydrogens (tertiary/aromatic N) is 2. The monoisotopic (exact) mass is 479 g/mol. The third kappa shape index (κ3) is 4.76. The number of sulfonamides is 1. The number of carbonyl (C=O) groups is 1. The number of ether oxygens (including phenoxy) is 3. The Labute approximate surface area is 195 Å². The number of aryl methyl sites for hydroxylation is 1. The van der Waals surface area contributed by atoms with Gasteiger partial charge in [-0.1, -0.05) is 0 Å². The molecule has 9 nitrogen and oxygen atoms in total. The molecule has 182 valence electrons. The largest absolute Gasteiger partial charge is 0.467 e. The summed E-state index contributed by atoms with van der Waals surface area (Å²) in [5.41, 5.74) is 2.24. The minimum absolute atomic E-state index is 0.111. The van der Waals surface area contributed by atoms with Crippen LogP contribution in [0.25, 0.3) is 0 Å². The normalized spacial score (nSPS) is 31.3. The first-order valence-electron chi connectivity index (χ1n) is 12.0. The van der Waals surface area contributed by atoms with Crippen molar-refractivity contribution in [2.45, 2.75) is 74.8 Å². The summed E-state index contributed by atoms with van der Waals surface area (Å²) in [7, 11) is -3.51. The van der Waals surface area contributed by atoms with Gasteiger partial charge in [-0.25, -0.2) is 18.1 Å². The van der Waals surface area contributed by atoms with Crippen LogP contribution in [0.3, 0.4) is 0 Å². The molecule has 33 heavy (non-hydrogen) atoms. The number of amides is 1. The van der Waals surface area contributed by atoms with Crippen LogP contribution in [0.4, 0.5) is 0 Å². The molecule has 6 rings (SSSR count). The summed E-state index contributed by atoms with van der Waals surface area (Å²) in [6.45, 7) is 3.26. The van der Waals surface area contributed by atoms with E-state index in [1.807, 2.05) is 6.07 Å². The zero-order chi connectivity index (χ0) is 23.0. The average Bonchev–Trinajstić information content (AvgIpc) is 2.76. The van der Waals surface area contributed by atoms with Gasteiger partial charge in [-0.3, -0.25) is 4.79 Å². The van der Waals surface area contributed by atoms with Crippen molar-refractivity contribution >= 4 is 15.9 Å². The van der Waals surface area contributed by atoms with Crippen molar-refractivity contribution in [2.24, 2.45) is 0 Å². The zero-order valence-electron chi connectivity index (χ0n) is 19.1. The van der Waals surface area contributed by atoms with Crippen LogP contribution in [0.5, 0.6) is 5.88 Å². The Morgan fingerprint density at radius 3 is 2.64 bits per heavy atom. The Morgan fingerprint density at radius 1 is 1.12 bits per heavy atom. The molecule has 0 radical (unpaired) electrons. The van der Waals surface area contributed by atoms with Crippen molar-refractivity contribution < 1.29 is 27.4 Å². The van der Waals surface area contributed by atoms with E-state index in [0.29, 0.717) is 31.4 Å². The molecule has 10 heteroatoms. The lowest BCUT2D eigenvalue weighted by atomic mass is 9.81. The van der Waals surface area contributed by atoms with Gasteiger partial charge >= 0.3 is 0 Å². The summed E-state index contributed by atoms with van der Waals surface area (Å²) >= 11 is 0. The molecule has 5 heterocycles. The summed E-state index contributed by atoms with van der Waals surface area (Å²) < 4.78 is 45.8. The summed E-state index contributed by atoms with van der Waals surface area (Å²) in [6, 6.07) is 1.24. The molecule has 5 aliphatic rings. The molecule has 2 saturated heterocycles. The number of fused-ring (bicyclic) bond motifs is 5. The molecule has 3 fully saturated rings. The molecule has 1 aromatic heterocycles. The second-order valence-corrected chi connectivity index (χ2v) is 11.7. The minimum Gasteiger partial charge on any atom is -0.467 e. The van der Waals surface area contributed by atoms with Gasteiger partial charge < -0.3 is 19.1 Å². The van der Waals surface area contributed by atoms with Crippen LogP contribution in [-0.4, -0.2) is 80.6 Å². The van der Waals surface area contributed by atoms with E-state index in [2.05, 4.69) is 16.6 Å². The summed E-state index contributed by atoms with van der Waals surface area (Å²) in [5, 5.41) is -0.524. The third-order valence-corrected chi connectivity index (χ3v) is 9.33. The molecule has 1 unspecified atom stereocenters. The summed E-state index contributed by atoms with van der Waals surface area (Å²) in [6.07, 6.45) is 7.03. The lowest BCUT2D eigenvalue weighted by Crippen LogP contribution is -2.61. The molecule has 4 aliphatic heterocycles. The molecule has 2 bridgehead atoms. The number of aromatic nitrogens is 1. The third-order valence-electron chi connectivity index (χ3n) is 7.55. The molecule has 0 spiro atoms. The highest BCUT2D eigenvalue weighted by atomic mass is 32.2. The van der Waals surface area contributed by atoms with Gasteiger partial charge in [0, 0.05) is 24.3 Å². The molecule has 1 saturated carbocycles. The smallest absolute Gasteiger partial charge is 0.260 e. The van der Waals surface area contributed by atoms with E-state index in [1.54, 1.807) is 11.1 Å². The van der Waals surface area contributed by atoms with Crippen molar-refractivity contribution in [3.05, 3.63) is 23.4 Å². The van der Waals surface area contributed by atoms with E-state index in [4.69, 9.17) is 14.2 Å². The lowest BCUT2D eigenvalue weighted by Gasteiger charge is -2.42. The van der Waals surface area contributed by atoms with E-state index < -0.39 is 15.3 Å². The Morgan fingerprint density at radius 2 is 1.91 bits per heavy atom. The first-order valence-corrected chi connectivity index (χ1v) is 13.6. The molecule has 1 aromatic rings. The SMILES string of the molecule is Cc1ccnc2c1C1CCC(CC1)OC[C@H]1C(NS(=O)(=O)C3COC3)CCCN1C(=O)CO2. The number of nitrogens with one attached hydrogen (secondary N) is 1. The minimum atomic E-state index is -3.51. The fourth-order valence-electron chi connectivity index (χ4n) is 5.53. The zero-order valence-corrected chi connectivity index (χ0v) is 19.9. The fourth-order valence-corrected chi connectivity index (χ4v) is 6.97. The molecule has 1 amide bonds. The van der Waals surface area contributed by atoms with E-state index in [0.717, 1.165) is 43.2 Å². The summed E-state index contributed by atoms with van der Waals surface area (Å²) in [5.74, 6) is 0.722. The van der Waals surface area contributed by atoms with Crippen molar-refractivity contribution in [1.82, 2.24) is 14.6 Å². The highest BCUT2D eigenvalue weighted by Gasteiger charge is 2.41. The number of piperidine rings is 1. The number of pyridine rings is 1. The highest BCUT2D eigenvalue weighted by molar-refractivity contribution is 7.90. The maximum absolute atomic E-state index is 13.3. The van der Waals surface area contributed by atoms with Crippen LogP contribution in [0.1, 0.15) is 55.6 Å². The van der Waals surface area contributed by atoms with E-state index in [-0.39, 0.29) is 43.9 Å². The lowest BCUT2D eigenvalue weighted by molar-refractivity contribution is -0.140. The summed E-state index contributed by atoms with van der Waals surface area (Å²) in [4.78, 5) is 19.5. The molecular weight excluding hydrogens is 446 g/mol. The van der Waals surface area contributed by atoms with E-state index in [9.17, 15) is 13.2 Å². The predicted octanol–water partition coefficient (Wildman–Crippen LogP) is 1.50. The molecule has 0 aromatic carbocycles. The standard InChI is InChI=1S/C23H33N3O6S/c1-15-8-9-24-23-22(15)16-4-6-17(7-5-16)31-13-20-19(25-33(28,29)18-11-30-12-18)3-2-10-26(20)21(27)14-32-23/h8-9,16-20,25H,2-7,10-14H2,1H3/t16?,17?,19?,20-/m0/s1. The van der Waals surface area contributed by atoms with Crippen LogP contribution in [0, 0.1) is 6.92 Å². The molecule has 1 N–H and O–H groups in total. The first kappa shape index (κ1) is 23.0. The van der Waals surface area contributed by atoms with Gasteiger partial charge in [0.05, 0.1) is 32.0 Å². The van der Waals surface area contributed by atoms with Crippen molar-refractivity contribution in [1.29, 1.82) is 0 Å². The number of hydrogen-bond acceptors (Lipinski definition) is 7. The fraction of sp³-hybridized carbons (Fsp3) is 0.739. The number of rotatable bonds is 3. The van der Waals surface area contributed by atoms with Crippen LogP contribution in [-0.2, 0) is 24.3 Å². The van der Waals surface area contributed by atoms with Crippen LogP contribution < -0.4 is 9.46 Å². The first-order chi connectivity index (χ1) is 15.9. The van der Waals surface area contributed by atoms with Gasteiger partial charge in [0.25, 0.3) is 5.91 Å². The quantitative estimate of drug-likeness (QED) is 0.700. The topological polar surface area (TPSA) is 107 Å². The average molecular weight is 480 g/mol. The van der Waals surface area contributed by atoms with Crippen molar-refractivity contribution in [3.63, 3.8) is 0 Å². The van der Waals surface area contributed by atoms with Gasteiger partial charge in [-0.15, -0.1) is 0 Å². The molecule has 1 aliphatic carbocycles. The van der Waals surface area contributed by atoms with Gasteiger partial charge in [-0.05, 0) is 63.0 Å². The van der Waals surface area contributed by atoms with Gasteiger partial charge in [0.1, 0.15) is 5.25 Å². The Kier molecular flexibility index (Phi) is 6.61. The Balaban J connectivity index is 1.40. The highest BCUT2D eigenvalue weighted by Crippen LogP contribution is 2.39. The van der Waals surface area contributed by atoms with Gasteiger partial charge in [0.15, 0.2) is 6.61 Å². The number of hydrogen-bond donors (Lipinski definition) is 1. The van der Waals surface area contributed by atoms with Crippen LogP contribution >= 0.6 is 0 Å². The van der Waals surface area contributed by atoms with Crippen LogP contribution in [0.2, 0.25) is 0 Å². The molecule has 2 atom stereocenters. The maximum atomic E-state index is 13.3. The maximum Gasteiger partial charge on any atom is 0.260 e. The van der Waals surface area contributed by atoms with Crippen molar-refractivity contribution in [3.8, 4) is 5.88 Å². The van der Waals surface area contributed by atoms with Gasteiger partial charge in [0.2, 0.25) is 15.9 Å². The van der Waals surface area contributed by atoms with Crippen molar-refractivity contribution in [2.75, 3.05) is 33.0 Å². The second kappa shape index (κ2) is 9.48. The number of carbonyl (C=O) groups excluding carboxylic acids is 1. The Hall–Kier alpha value is -1.75.